The van der Waals surface area contributed by atoms with Crippen molar-refractivity contribution in [2.45, 2.75) is 39.9 Å². The van der Waals surface area contributed by atoms with Gasteiger partial charge in [0.05, 0.1) is 20.8 Å². The summed E-state index contributed by atoms with van der Waals surface area (Å²) in [5.41, 5.74) is 1.15. The molecule has 4 rings (SSSR count). The van der Waals surface area contributed by atoms with E-state index in [1.165, 1.54) is 19.1 Å². The van der Waals surface area contributed by atoms with Gasteiger partial charge in [-0.2, -0.15) is 0 Å². The van der Waals surface area contributed by atoms with Crippen molar-refractivity contribution in [2.75, 3.05) is 27.6 Å². The smallest absolute Gasteiger partial charge is 0.262 e. The van der Waals surface area contributed by atoms with Crippen molar-refractivity contribution in [3.05, 3.63) is 71.2 Å². The molecule has 9 heteroatoms. The minimum atomic E-state index is -0.352. The average molecular weight is 509 g/mol. The Morgan fingerprint density at radius 3 is 2.27 bits per heavy atom. The number of rotatable bonds is 10. The molecule has 0 fully saturated rings. The lowest BCUT2D eigenvalue weighted by molar-refractivity contribution is -0.133. The number of hydrogen-bond donors (Lipinski definition) is 0. The number of ether oxygens (including phenoxy) is 4. The van der Waals surface area contributed by atoms with Gasteiger partial charge in [-0.05, 0) is 62.7 Å². The predicted molar refractivity (Wildman–Crippen MR) is 136 cm³/mol. The van der Waals surface area contributed by atoms with Crippen molar-refractivity contribution < 1.29 is 33.0 Å². The fourth-order valence-electron chi connectivity index (χ4n) is 4.19. The summed E-state index contributed by atoms with van der Waals surface area (Å²) in [4.78, 5) is 30.6. The third-order valence-corrected chi connectivity index (χ3v) is 6.14. The van der Waals surface area contributed by atoms with E-state index in [-0.39, 0.29) is 43.3 Å². The van der Waals surface area contributed by atoms with E-state index in [0.717, 1.165) is 11.3 Å². The fraction of sp³-hybridized carbons (Fsp3) is 0.357. The molecule has 2 amide bonds. The fourth-order valence-corrected chi connectivity index (χ4v) is 4.19. The first-order valence-electron chi connectivity index (χ1n) is 12.0. The second kappa shape index (κ2) is 11.3. The third-order valence-electron chi connectivity index (χ3n) is 6.14. The molecule has 1 aromatic heterocycles. The van der Waals surface area contributed by atoms with Crippen molar-refractivity contribution in [3.8, 4) is 23.0 Å². The van der Waals surface area contributed by atoms with Crippen LogP contribution in [0.25, 0.3) is 0 Å². The van der Waals surface area contributed by atoms with E-state index in [1.807, 2.05) is 51.1 Å². The largest absolute Gasteiger partial charge is 0.496 e. The van der Waals surface area contributed by atoms with E-state index in [2.05, 4.69) is 0 Å². The highest BCUT2D eigenvalue weighted by Crippen LogP contribution is 2.33. The van der Waals surface area contributed by atoms with Crippen LogP contribution in [0.15, 0.2) is 52.9 Å². The molecule has 0 spiro atoms. The highest BCUT2D eigenvalue weighted by atomic mass is 16.7. The van der Waals surface area contributed by atoms with Crippen LogP contribution in [0.2, 0.25) is 0 Å². The number of furan rings is 1. The molecule has 0 radical (unpaired) electrons. The molecule has 0 saturated carbocycles. The second-order valence-corrected chi connectivity index (χ2v) is 9.01. The van der Waals surface area contributed by atoms with Gasteiger partial charge in [-0.1, -0.05) is 12.1 Å². The summed E-state index contributed by atoms with van der Waals surface area (Å²) in [5.74, 6) is 2.90. The molecular formula is C28H32N2O7. The van der Waals surface area contributed by atoms with E-state index < -0.39 is 0 Å². The first kappa shape index (κ1) is 25.9. The van der Waals surface area contributed by atoms with Crippen molar-refractivity contribution >= 4 is 11.8 Å². The van der Waals surface area contributed by atoms with Gasteiger partial charge in [-0.25, -0.2) is 0 Å². The lowest BCUT2D eigenvalue weighted by atomic mass is 10.1. The molecule has 3 aromatic rings. The van der Waals surface area contributed by atoms with Crippen LogP contribution in [0, 0.1) is 6.92 Å². The Bertz CT molecular complexity index is 1240. The number of amides is 2. The molecule has 0 aliphatic carbocycles. The summed E-state index contributed by atoms with van der Waals surface area (Å²) >= 11 is 0. The number of methoxy groups -OCH3 is 2. The molecule has 196 valence electrons. The van der Waals surface area contributed by atoms with Gasteiger partial charge in [0.15, 0.2) is 11.5 Å². The van der Waals surface area contributed by atoms with Gasteiger partial charge in [0.2, 0.25) is 12.7 Å². The van der Waals surface area contributed by atoms with E-state index in [0.29, 0.717) is 35.3 Å². The highest BCUT2D eigenvalue weighted by molar-refractivity contribution is 6.01. The normalized spacial score (nSPS) is 11.9. The Kier molecular flexibility index (Phi) is 7.91. The van der Waals surface area contributed by atoms with Gasteiger partial charge in [0.25, 0.3) is 5.91 Å². The molecule has 37 heavy (non-hydrogen) atoms. The Labute approximate surface area is 216 Å². The third kappa shape index (κ3) is 5.82. The van der Waals surface area contributed by atoms with Crippen LogP contribution in [0.4, 0.5) is 0 Å². The minimum absolute atomic E-state index is 0.137. The quantitative estimate of drug-likeness (QED) is 0.401. The number of fused-ring (bicyclic) bond motifs is 1. The zero-order valence-electron chi connectivity index (χ0n) is 21.8. The molecule has 1 aliphatic heterocycles. The van der Waals surface area contributed by atoms with E-state index >= 15 is 0 Å². The van der Waals surface area contributed by atoms with E-state index in [4.69, 9.17) is 23.4 Å². The van der Waals surface area contributed by atoms with Crippen LogP contribution in [0.5, 0.6) is 23.0 Å². The van der Waals surface area contributed by atoms with Crippen molar-refractivity contribution in [2.24, 2.45) is 0 Å². The summed E-state index contributed by atoms with van der Waals surface area (Å²) in [6.45, 7) is 6.17. The molecule has 2 aromatic carbocycles. The average Bonchev–Trinajstić information content (AvgIpc) is 3.53. The molecule has 0 unspecified atom stereocenters. The summed E-state index contributed by atoms with van der Waals surface area (Å²) in [6, 6.07) is 14.2. The summed E-state index contributed by atoms with van der Waals surface area (Å²) in [5, 5.41) is 0. The lowest BCUT2D eigenvalue weighted by Crippen LogP contribution is -2.45. The Balaban J connectivity index is 1.60. The predicted octanol–water partition coefficient (Wildman–Crippen LogP) is 4.41. The zero-order valence-corrected chi connectivity index (χ0v) is 21.8. The Morgan fingerprint density at radius 2 is 1.65 bits per heavy atom. The number of aryl methyl sites for hydroxylation is 1. The van der Waals surface area contributed by atoms with Crippen molar-refractivity contribution in [1.29, 1.82) is 0 Å². The van der Waals surface area contributed by atoms with Crippen LogP contribution < -0.4 is 18.9 Å². The maximum absolute atomic E-state index is 13.7. The topological polar surface area (TPSA) is 90.7 Å². The van der Waals surface area contributed by atoms with Crippen molar-refractivity contribution in [1.82, 2.24) is 9.80 Å². The van der Waals surface area contributed by atoms with Crippen molar-refractivity contribution in [3.63, 3.8) is 0 Å². The molecule has 0 saturated heterocycles. The molecule has 9 nitrogen and oxygen atoms in total. The van der Waals surface area contributed by atoms with Gasteiger partial charge in [-0.15, -0.1) is 0 Å². The zero-order chi connectivity index (χ0) is 26.5. The molecule has 0 bridgehead atoms. The Morgan fingerprint density at radius 1 is 0.946 bits per heavy atom. The van der Waals surface area contributed by atoms with E-state index in [1.54, 1.807) is 23.1 Å². The summed E-state index contributed by atoms with van der Waals surface area (Å²) in [7, 11) is 2.99. The first-order valence-corrected chi connectivity index (χ1v) is 12.0. The molecule has 2 heterocycles. The summed E-state index contributed by atoms with van der Waals surface area (Å²) < 4.78 is 27.5. The lowest BCUT2D eigenvalue weighted by Gasteiger charge is -2.30. The van der Waals surface area contributed by atoms with Gasteiger partial charge in [0, 0.05) is 12.6 Å². The first-order chi connectivity index (χ1) is 17.8. The summed E-state index contributed by atoms with van der Waals surface area (Å²) in [6.07, 6.45) is 0. The van der Waals surface area contributed by atoms with E-state index in [9.17, 15) is 9.59 Å². The maximum atomic E-state index is 13.7. The molecule has 0 atom stereocenters. The van der Waals surface area contributed by atoms with Gasteiger partial charge in [0.1, 0.15) is 35.1 Å². The standard InChI is InChI=1S/C28H32N2O7/c1-18(2)30(28(32)27-23(33-4)7-6-8-24(27)34-5)16-26(31)29(15-21-11-9-19(3)37-21)14-20-10-12-22-25(13-20)36-17-35-22/h6-13,18H,14-17H2,1-5H3. The monoisotopic (exact) mass is 508 g/mol. The van der Waals surface area contributed by atoms with Crippen LogP contribution >= 0.6 is 0 Å². The Hall–Kier alpha value is -4.14. The number of carbonyl (C=O) groups excluding carboxylic acids is 2. The second-order valence-electron chi connectivity index (χ2n) is 9.01. The molecule has 1 aliphatic rings. The van der Waals surface area contributed by atoms with Crippen LogP contribution in [0.1, 0.15) is 41.3 Å². The minimum Gasteiger partial charge on any atom is -0.496 e. The van der Waals surface area contributed by atoms with Crippen LogP contribution in [-0.2, 0) is 17.9 Å². The molecular weight excluding hydrogens is 476 g/mol. The number of benzene rings is 2. The van der Waals surface area contributed by atoms with Gasteiger partial charge in [-0.3, -0.25) is 9.59 Å². The number of hydrogen-bond acceptors (Lipinski definition) is 7. The van der Waals surface area contributed by atoms with Crippen LogP contribution in [0.3, 0.4) is 0 Å². The number of carbonyl (C=O) groups is 2. The van der Waals surface area contributed by atoms with Gasteiger partial charge >= 0.3 is 0 Å². The van der Waals surface area contributed by atoms with Gasteiger partial charge < -0.3 is 33.2 Å². The molecule has 0 N–H and O–H groups in total. The SMILES string of the molecule is COc1cccc(OC)c1C(=O)N(CC(=O)N(Cc1ccc2c(c1)OCO2)Cc1ccc(C)o1)C(C)C. The van der Waals surface area contributed by atoms with Crippen LogP contribution in [-0.4, -0.2) is 55.2 Å². The highest BCUT2D eigenvalue weighted by Gasteiger charge is 2.29. The number of nitrogens with zero attached hydrogens (tertiary/aromatic N) is 2. The maximum Gasteiger partial charge on any atom is 0.262 e.